The second-order valence-electron chi connectivity index (χ2n) is 5.52. The zero-order chi connectivity index (χ0) is 14.2. The first kappa shape index (κ1) is 12.8. The van der Waals surface area contributed by atoms with Crippen molar-refractivity contribution in [1.82, 2.24) is 19.7 Å². The normalized spacial score (nSPS) is 12.2. The summed E-state index contributed by atoms with van der Waals surface area (Å²) < 4.78 is 1.45. The van der Waals surface area contributed by atoms with Gasteiger partial charge in [-0.05, 0) is 17.7 Å². The van der Waals surface area contributed by atoms with Crippen LogP contribution in [0.4, 0.5) is 0 Å². The minimum Gasteiger partial charge on any atom is -0.633 e. The number of nitrogens with zero attached hydrogens (tertiary/aromatic N) is 4. The van der Waals surface area contributed by atoms with Gasteiger partial charge < -0.3 is 14.8 Å². The van der Waals surface area contributed by atoms with Crippen LogP contribution in [-0.4, -0.2) is 38.5 Å². The van der Waals surface area contributed by atoms with Crippen LogP contribution in [0.2, 0.25) is 0 Å². The molecule has 0 aliphatic carbocycles. The summed E-state index contributed by atoms with van der Waals surface area (Å²) in [6, 6.07) is 6.20. The molecule has 0 aliphatic heterocycles. The number of hydrogen-bond acceptors (Lipinski definition) is 3. The highest BCUT2D eigenvalue weighted by Gasteiger charge is 2.10. The quantitative estimate of drug-likeness (QED) is 0.582. The molecular formula is C14H17N5O. The molecule has 1 N–H and O–H groups in total. The van der Waals surface area contributed by atoms with Crippen LogP contribution in [0.1, 0.15) is 11.1 Å². The fourth-order valence-electron chi connectivity index (χ4n) is 2.37. The average molecular weight is 271 g/mol. The van der Waals surface area contributed by atoms with Gasteiger partial charge in [-0.1, -0.05) is 6.07 Å². The van der Waals surface area contributed by atoms with Gasteiger partial charge in [-0.25, -0.2) is 9.67 Å². The molecule has 3 rings (SSSR count). The third-order valence-corrected chi connectivity index (χ3v) is 3.19. The summed E-state index contributed by atoms with van der Waals surface area (Å²) in [5, 5.41) is 17.1. The van der Waals surface area contributed by atoms with E-state index in [9.17, 15) is 5.21 Å². The lowest BCUT2D eigenvalue weighted by molar-refractivity contribution is -0.853. The molecule has 2 aromatic heterocycles. The van der Waals surface area contributed by atoms with Gasteiger partial charge in [0.1, 0.15) is 19.2 Å². The second-order valence-corrected chi connectivity index (χ2v) is 5.52. The van der Waals surface area contributed by atoms with Crippen LogP contribution in [0.25, 0.3) is 10.9 Å². The Hall–Kier alpha value is -2.18. The highest BCUT2D eigenvalue weighted by Crippen LogP contribution is 2.22. The van der Waals surface area contributed by atoms with Crippen molar-refractivity contribution < 1.29 is 4.65 Å². The van der Waals surface area contributed by atoms with Gasteiger partial charge in [0.05, 0.1) is 20.6 Å². The molecule has 6 nitrogen and oxygen atoms in total. The lowest BCUT2D eigenvalue weighted by Crippen LogP contribution is -2.30. The second kappa shape index (κ2) is 4.73. The average Bonchev–Trinajstić information content (AvgIpc) is 2.98. The number of hydroxylamine groups is 3. The Morgan fingerprint density at radius 3 is 2.90 bits per heavy atom. The number of aromatic nitrogens is 4. The standard InChI is InChI=1S/C14H17N5O/c1-19(2,20)8-12-6-16-14-4-3-11(5-13(12)14)7-18-10-15-9-17-18/h3-6,9-10,16H,7-8H2,1-2H3. The van der Waals surface area contributed by atoms with Crippen LogP contribution in [0.5, 0.6) is 0 Å². The first-order chi connectivity index (χ1) is 9.51. The summed E-state index contributed by atoms with van der Waals surface area (Å²) in [6.45, 7) is 1.13. The molecule has 0 spiro atoms. The summed E-state index contributed by atoms with van der Waals surface area (Å²) in [4.78, 5) is 7.15. The number of H-pyrrole nitrogens is 1. The summed E-state index contributed by atoms with van der Waals surface area (Å²) in [7, 11) is 3.30. The zero-order valence-electron chi connectivity index (χ0n) is 11.6. The fourth-order valence-corrected chi connectivity index (χ4v) is 2.37. The number of nitrogens with one attached hydrogen (secondary N) is 1. The fraction of sp³-hybridized carbons (Fsp3) is 0.286. The highest BCUT2D eigenvalue weighted by molar-refractivity contribution is 5.83. The molecule has 0 atom stereocenters. The molecule has 0 saturated carbocycles. The van der Waals surface area contributed by atoms with Crippen LogP contribution >= 0.6 is 0 Å². The van der Waals surface area contributed by atoms with Crippen molar-refractivity contribution in [2.45, 2.75) is 13.1 Å². The maximum absolute atomic E-state index is 11.9. The number of benzene rings is 1. The SMILES string of the molecule is C[N+](C)([O-])Cc1c[nH]c2ccc(Cn3cncn3)cc12. The molecule has 1 aromatic carbocycles. The van der Waals surface area contributed by atoms with Crippen LogP contribution in [0.3, 0.4) is 0 Å². The van der Waals surface area contributed by atoms with Crippen molar-refractivity contribution in [3.63, 3.8) is 0 Å². The predicted octanol–water partition coefficient (Wildman–Crippen LogP) is 1.88. The molecule has 0 fully saturated rings. The molecule has 0 radical (unpaired) electrons. The van der Waals surface area contributed by atoms with Gasteiger partial charge in [0.25, 0.3) is 0 Å². The van der Waals surface area contributed by atoms with Gasteiger partial charge in [0, 0.05) is 22.7 Å². The molecule has 0 amide bonds. The first-order valence-corrected chi connectivity index (χ1v) is 6.46. The maximum atomic E-state index is 11.9. The minimum absolute atomic E-state index is 0.333. The van der Waals surface area contributed by atoms with E-state index < -0.39 is 0 Å². The van der Waals surface area contributed by atoms with Crippen molar-refractivity contribution in [2.24, 2.45) is 0 Å². The van der Waals surface area contributed by atoms with Crippen LogP contribution in [0.15, 0.2) is 37.1 Å². The van der Waals surface area contributed by atoms with Gasteiger partial charge in [-0.2, -0.15) is 5.10 Å². The van der Waals surface area contributed by atoms with Crippen LogP contribution in [-0.2, 0) is 13.1 Å². The molecule has 6 heteroatoms. The number of fused-ring (bicyclic) bond motifs is 1. The van der Waals surface area contributed by atoms with Crippen LogP contribution < -0.4 is 0 Å². The van der Waals surface area contributed by atoms with Gasteiger partial charge in [-0.15, -0.1) is 0 Å². The third kappa shape index (κ3) is 2.71. The van der Waals surface area contributed by atoms with Gasteiger partial charge in [-0.3, -0.25) is 0 Å². The first-order valence-electron chi connectivity index (χ1n) is 6.46. The van der Waals surface area contributed by atoms with Crippen molar-refractivity contribution in [3.8, 4) is 0 Å². The molecule has 0 unspecified atom stereocenters. The largest absolute Gasteiger partial charge is 0.633 e. The molecule has 20 heavy (non-hydrogen) atoms. The number of hydrogen-bond donors (Lipinski definition) is 1. The Morgan fingerprint density at radius 1 is 1.35 bits per heavy atom. The molecule has 0 bridgehead atoms. The van der Waals surface area contributed by atoms with Gasteiger partial charge in [0.2, 0.25) is 0 Å². The zero-order valence-corrected chi connectivity index (χ0v) is 11.6. The maximum Gasteiger partial charge on any atom is 0.137 e. The van der Waals surface area contributed by atoms with Crippen molar-refractivity contribution >= 4 is 10.9 Å². The van der Waals surface area contributed by atoms with E-state index in [1.807, 2.05) is 12.3 Å². The Labute approximate surface area is 116 Å². The number of rotatable bonds is 4. The smallest absolute Gasteiger partial charge is 0.137 e. The molecule has 0 saturated heterocycles. The van der Waals surface area contributed by atoms with E-state index in [0.29, 0.717) is 13.1 Å². The lowest BCUT2D eigenvalue weighted by Gasteiger charge is -2.33. The Bertz CT molecular complexity index is 709. The van der Waals surface area contributed by atoms with Crippen molar-refractivity contribution in [1.29, 1.82) is 0 Å². The van der Waals surface area contributed by atoms with E-state index in [2.05, 4.69) is 27.2 Å². The summed E-state index contributed by atoms with van der Waals surface area (Å²) in [5.41, 5.74) is 3.23. The predicted molar refractivity (Wildman–Crippen MR) is 76.6 cm³/mol. The summed E-state index contributed by atoms with van der Waals surface area (Å²) in [6.07, 6.45) is 5.14. The van der Waals surface area contributed by atoms with E-state index in [1.54, 1.807) is 25.1 Å². The molecular weight excluding hydrogens is 254 g/mol. The topological polar surface area (TPSA) is 69.6 Å². The monoisotopic (exact) mass is 271 g/mol. The Balaban J connectivity index is 1.94. The van der Waals surface area contributed by atoms with Crippen molar-refractivity contribution in [2.75, 3.05) is 14.1 Å². The number of aromatic amines is 1. The van der Waals surface area contributed by atoms with E-state index in [1.165, 1.54) is 6.33 Å². The van der Waals surface area contributed by atoms with E-state index in [-0.39, 0.29) is 4.65 Å². The Kier molecular flexibility index (Phi) is 3.04. The van der Waals surface area contributed by atoms with Crippen LogP contribution in [0, 0.1) is 5.21 Å². The van der Waals surface area contributed by atoms with Gasteiger partial charge in [0.15, 0.2) is 0 Å². The van der Waals surface area contributed by atoms with Gasteiger partial charge >= 0.3 is 0 Å². The van der Waals surface area contributed by atoms with Crippen molar-refractivity contribution in [3.05, 3.63) is 53.4 Å². The van der Waals surface area contributed by atoms with E-state index in [4.69, 9.17) is 0 Å². The van der Waals surface area contributed by atoms with E-state index >= 15 is 0 Å². The summed E-state index contributed by atoms with van der Waals surface area (Å²) in [5.74, 6) is 0. The molecule has 104 valence electrons. The lowest BCUT2D eigenvalue weighted by atomic mass is 10.1. The highest BCUT2D eigenvalue weighted by atomic mass is 16.5. The molecule has 2 heterocycles. The third-order valence-electron chi connectivity index (χ3n) is 3.19. The summed E-state index contributed by atoms with van der Waals surface area (Å²) >= 11 is 0. The Morgan fingerprint density at radius 2 is 2.20 bits per heavy atom. The molecule has 3 aromatic rings. The number of quaternary nitrogens is 1. The van der Waals surface area contributed by atoms with E-state index in [0.717, 1.165) is 22.0 Å². The molecule has 0 aliphatic rings. The minimum atomic E-state index is -0.333.